The fourth-order valence-corrected chi connectivity index (χ4v) is 2.09. The third-order valence-electron chi connectivity index (χ3n) is 2.25. The molecular weight excluding hydrogens is 258 g/mol. The van der Waals surface area contributed by atoms with Gasteiger partial charge in [0.2, 0.25) is 5.91 Å². The summed E-state index contributed by atoms with van der Waals surface area (Å²) in [6.45, 7) is 1.99. The van der Waals surface area contributed by atoms with Crippen LogP contribution in [-0.2, 0) is 11.2 Å². The maximum Gasteiger partial charge on any atom is 0.222 e. The predicted octanol–water partition coefficient (Wildman–Crippen LogP) is 2.53. The Morgan fingerprint density at radius 2 is 2.27 bits per heavy atom. The first-order valence-electron chi connectivity index (χ1n) is 4.54. The zero-order valence-corrected chi connectivity index (χ0v) is 9.80. The number of fused-ring (bicyclic) bond motifs is 1. The highest BCUT2D eigenvalue weighted by Crippen LogP contribution is 2.30. The Labute approximate surface area is 95.4 Å². The fourth-order valence-electron chi connectivity index (χ4n) is 1.57. The molecule has 0 radical (unpaired) electrons. The molecule has 1 heterocycles. The Balaban J connectivity index is 2.63. The molecule has 1 aromatic carbocycles. The molecule has 1 aromatic heterocycles. The second kappa shape index (κ2) is 3.70. The van der Waals surface area contributed by atoms with Crippen molar-refractivity contribution in [1.82, 2.24) is 0 Å². The van der Waals surface area contributed by atoms with Gasteiger partial charge in [0.05, 0.1) is 6.42 Å². The lowest BCUT2D eigenvalue weighted by molar-refractivity contribution is -0.117. The van der Waals surface area contributed by atoms with Crippen LogP contribution in [0.5, 0.6) is 0 Å². The van der Waals surface area contributed by atoms with E-state index in [1.165, 1.54) is 0 Å². The third-order valence-corrected chi connectivity index (χ3v) is 2.89. The van der Waals surface area contributed by atoms with Gasteiger partial charge >= 0.3 is 0 Å². The van der Waals surface area contributed by atoms with Crippen LogP contribution in [0.1, 0.15) is 11.1 Å². The molecule has 2 rings (SSSR count). The van der Waals surface area contributed by atoms with Gasteiger partial charge in [0.15, 0.2) is 4.67 Å². The summed E-state index contributed by atoms with van der Waals surface area (Å²) in [4.78, 5) is 10.9. The van der Waals surface area contributed by atoms with Gasteiger partial charge in [-0.2, -0.15) is 0 Å². The highest BCUT2D eigenvalue weighted by atomic mass is 79.9. The molecule has 0 aliphatic heterocycles. The number of primary amides is 1. The van der Waals surface area contributed by atoms with Crippen LogP contribution >= 0.6 is 15.9 Å². The third kappa shape index (κ3) is 1.90. The zero-order valence-electron chi connectivity index (χ0n) is 8.21. The number of carbonyl (C=O) groups excluding carboxylic acids is 1. The highest BCUT2D eigenvalue weighted by molar-refractivity contribution is 9.10. The van der Waals surface area contributed by atoms with Crippen LogP contribution < -0.4 is 5.73 Å². The van der Waals surface area contributed by atoms with Gasteiger partial charge in [0.25, 0.3) is 0 Å². The molecule has 3 nitrogen and oxygen atoms in total. The standard InChI is InChI=1S/C11H10BrNO2/c1-6-2-3-7-8(5-10(13)14)11(12)15-9(7)4-6/h2-4H,5H2,1H3,(H2,13,14). The molecule has 15 heavy (non-hydrogen) atoms. The van der Waals surface area contributed by atoms with Crippen molar-refractivity contribution in [3.8, 4) is 0 Å². The molecule has 1 amide bonds. The molecule has 0 unspecified atom stereocenters. The first-order chi connectivity index (χ1) is 7.08. The Bertz CT molecular complexity index is 531. The van der Waals surface area contributed by atoms with E-state index in [0.717, 1.165) is 22.1 Å². The largest absolute Gasteiger partial charge is 0.449 e. The van der Waals surface area contributed by atoms with E-state index in [-0.39, 0.29) is 12.3 Å². The average molecular weight is 268 g/mol. The van der Waals surface area contributed by atoms with Crippen LogP contribution in [0.2, 0.25) is 0 Å². The number of halogens is 1. The lowest BCUT2D eigenvalue weighted by Crippen LogP contribution is -2.13. The van der Waals surface area contributed by atoms with Crippen molar-refractivity contribution < 1.29 is 9.21 Å². The summed E-state index contributed by atoms with van der Waals surface area (Å²) >= 11 is 3.29. The van der Waals surface area contributed by atoms with Crippen LogP contribution in [0, 0.1) is 6.92 Å². The number of amides is 1. The van der Waals surface area contributed by atoms with E-state index in [1.54, 1.807) is 0 Å². The van der Waals surface area contributed by atoms with E-state index < -0.39 is 0 Å². The lowest BCUT2D eigenvalue weighted by atomic mass is 10.1. The number of nitrogens with two attached hydrogens (primary N) is 1. The van der Waals surface area contributed by atoms with Crippen molar-refractivity contribution in [3.05, 3.63) is 34.0 Å². The minimum atomic E-state index is -0.362. The Morgan fingerprint density at radius 3 is 2.93 bits per heavy atom. The Kier molecular flexibility index (Phi) is 2.52. The normalized spacial score (nSPS) is 10.8. The van der Waals surface area contributed by atoms with E-state index in [9.17, 15) is 4.79 Å². The minimum absolute atomic E-state index is 0.191. The van der Waals surface area contributed by atoms with Gasteiger partial charge in [-0.3, -0.25) is 4.79 Å². The number of hydrogen-bond donors (Lipinski definition) is 1. The van der Waals surface area contributed by atoms with Crippen molar-refractivity contribution in [2.75, 3.05) is 0 Å². The van der Waals surface area contributed by atoms with E-state index in [0.29, 0.717) is 4.67 Å². The van der Waals surface area contributed by atoms with Crippen molar-refractivity contribution >= 4 is 32.8 Å². The maximum atomic E-state index is 10.9. The van der Waals surface area contributed by atoms with Crippen LogP contribution in [0.25, 0.3) is 11.0 Å². The molecule has 0 atom stereocenters. The molecule has 4 heteroatoms. The van der Waals surface area contributed by atoms with E-state index in [2.05, 4.69) is 15.9 Å². The van der Waals surface area contributed by atoms with Gasteiger partial charge in [-0.25, -0.2) is 0 Å². The molecule has 0 aliphatic rings. The molecule has 78 valence electrons. The molecule has 2 N–H and O–H groups in total. The summed E-state index contributed by atoms with van der Waals surface area (Å²) in [5, 5.41) is 0.936. The maximum absolute atomic E-state index is 10.9. The first-order valence-corrected chi connectivity index (χ1v) is 5.33. The summed E-state index contributed by atoms with van der Waals surface area (Å²) in [6, 6.07) is 5.86. The smallest absolute Gasteiger partial charge is 0.222 e. The second-order valence-corrected chi connectivity index (χ2v) is 4.22. The van der Waals surface area contributed by atoms with Crippen LogP contribution in [-0.4, -0.2) is 5.91 Å². The van der Waals surface area contributed by atoms with E-state index in [1.807, 2.05) is 25.1 Å². The van der Waals surface area contributed by atoms with Crippen molar-refractivity contribution in [3.63, 3.8) is 0 Å². The van der Waals surface area contributed by atoms with Gasteiger partial charge in [0, 0.05) is 10.9 Å². The van der Waals surface area contributed by atoms with Gasteiger partial charge in [-0.05, 0) is 34.5 Å². The molecule has 0 saturated heterocycles. The second-order valence-electron chi connectivity index (χ2n) is 3.50. The Morgan fingerprint density at radius 1 is 1.53 bits per heavy atom. The monoisotopic (exact) mass is 267 g/mol. The quantitative estimate of drug-likeness (QED) is 0.909. The van der Waals surface area contributed by atoms with Gasteiger partial charge in [-0.1, -0.05) is 12.1 Å². The SMILES string of the molecule is Cc1ccc2c(CC(N)=O)c(Br)oc2c1. The summed E-state index contributed by atoms with van der Waals surface area (Å²) < 4.78 is 6.07. The molecule has 0 fully saturated rings. The van der Waals surface area contributed by atoms with Crippen molar-refractivity contribution in [2.24, 2.45) is 5.73 Å². The molecule has 0 bridgehead atoms. The van der Waals surface area contributed by atoms with Gasteiger partial charge < -0.3 is 10.2 Å². The number of benzene rings is 1. The topological polar surface area (TPSA) is 56.2 Å². The van der Waals surface area contributed by atoms with Crippen LogP contribution in [0.3, 0.4) is 0 Å². The predicted molar refractivity (Wildman–Crippen MR) is 61.5 cm³/mol. The summed E-state index contributed by atoms with van der Waals surface area (Å²) in [5.41, 5.74) is 7.89. The van der Waals surface area contributed by atoms with Crippen LogP contribution in [0.4, 0.5) is 0 Å². The highest BCUT2D eigenvalue weighted by Gasteiger charge is 2.13. The number of furan rings is 1. The van der Waals surface area contributed by atoms with Crippen molar-refractivity contribution in [1.29, 1.82) is 0 Å². The van der Waals surface area contributed by atoms with E-state index in [4.69, 9.17) is 10.2 Å². The number of hydrogen-bond acceptors (Lipinski definition) is 2. The lowest BCUT2D eigenvalue weighted by Gasteiger charge is -1.95. The van der Waals surface area contributed by atoms with Crippen molar-refractivity contribution in [2.45, 2.75) is 13.3 Å². The number of rotatable bonds is 2. The molecular formula is C11H10BrNO2. The summed E-state index contributed by atoms with van der Waals surface area (Å²) in [7, 11) is 0. The zero-order chi connectivity index (χ0) is 11.0. The molecule has 0 aliphatic carbocycles. The summed E-state index contributed by atoms with van der Waals surface area (Å²) in [6.07, 6.45) is 0.191. The number of carbonyl (C=O) groups is 1. The summed E-state index contributed by atoms with van der Waals surface area (Å²) in [5.74, 6) is -0.362. The average Bonchev–Trinajstić information content (AvgIpc) is 2.41. The van der Waals surface area contributed by atoms with E-state index >= 15 is 0 Å². The number of aryl methyl sites for hydroxylation is 1. The van der Waals surface area contributed by atoms with Gasteiger partial charge in [-0.15, -0.1) is 0 Å². The van der Waals surface area contributed by atoms with Gasteiger partial charge in [0.1, 0.15) is 5.58 Å². The molecule has 2 aromatic rings. The fraction of sp³-hybridized carbons (Fsp3) is 0.182. The minimum Gasteiger partial charge on any atom is -0.449 e. The van der Waals surface area contributed by atoms with Crippen LogP contribution in [0.15, 0.2) is 27.3 Å². The Hall–Kier alpha value is -1.29. The molecule has 0 spiro atoms. The first kappa shape index (κ1) is 10.2. The molecule has 0 saturated carbocycles.